The van der Waals surface area contributed by atoms with Crippen LogP contribution < -0.4 is 11.1 Å². The van der Waals surface area contributed by atoms with Crippen molar-refractivity contribution in [2.24, 2.45) is 5.73 Å². The lowest BCUT2D eigenvalue weighted by atomic mass is 10.1. The van der Waals surface area contributed by atoms with Crippen molar-refractivity contribution in [2.45, 2.75) is 65.5 Å². The Labute approximate surface area is 112 Å². The van der Waals surface area contributed by atoms with Gasteiger partial charge in [0.25, 0.3) is 0 Å². The van der Waals surface area contributed by atoms with Gasteiger partial charge in [-0.05, 0) is 25.7 Å². The Kier molecular flexibility index (Phi) is 9.98. The molecule has 0 rings (SSSR count). The molecular weight excluding hydrogens is 226 g/mol. The van der Waals surface area contributed by atoms with Crippen LogP contribution in [-0.4, -0.2) is 42.5 Å². The molecule has 0 atom stereocenters. The van der Waals surface area contributed by atoms with E-state index < -0.39 is 0 Å². The van der Waals surface area contributed by atoms with E-state index in [-0.39, 0.29) is 5.91 Å². The van der Waals surface area contributed by atoms with E-state index in [1.54, 1.807) is 0 Å². The third-order valence-electron chi connectivity index (χ3n) is 3.57. The van der Waals surface area contributed by atoms with E-state index in [9.17, 15) is 4.79 Å². The minimum absolute atomic E-state index is 0.129. The summed E-state index contributed by atoms with van der Waals surface area (Å²) in [4.78, 5) is 14.2. The molecule has 0 aliphatic rings. The highest BCUT2D eigenvalue weighted by Gasteiger charge is 2.18. The first-order chi connectivity index (χ1) is 8.62. The highest BCUT2D eigenvalue weighted by Crippen LogP contribution is 2.07. The number of nitrogens with one attached hydrogen (secondary N) is 1. The fourth-order valence-electron chi connectivity index (χ4n) is 2.31. The lowest BCUT2D eigenvalue weighted by Crippen LogP contribution is -2.46. The van der Waals surface area contributed by atoms with Gasteiger partial charge in [-0.15, -0.1) is 0 Å². The molecule has 0 fully saturated rings. The van der Waals surface area contributed by atoms with Gasteiger partial charge in [0, 0.05) is 25.2 Å². The lowest BCUT2D eigenvalue weighted by Gasteiger charge is -2.30. The quantitative estimate of drug-likeness (QED) is 0.627. The summed E-state index contributed by atoms with van der Waals surface area (Å²) >= 11 is 0. The van der Waals surface area contributed by atoms with Crippen molar-refractivity contribution in [3.05, 3.63) is 0 Å². The zero-order valence-corrected chi connectivity index (χ0v) is 12.5. The largest absolute Gasteiger partial charge is 0.352 e. The van der Waals surface area contributed by atoms with Crippen molar-refractivity contribution >= 4 is 5.91 Å². The van der Waals surface area contributed by atoms with Crippen LogP contribution in [0.15, 0.2) is 0 Å². The molecule has 18 heavy (non-hydrogen) atoms. The lowest BCUT2D eigenvalue weighted by molar-refractivity contribution is -0.123. The predicted octanol–water partition coefficient (Wildman–Crippen LogP) is 1.74. The van der Waals surface area contributed by atoms with E-state index in [1.807, 2.05) is 0 Å². The van der Waals surface area contributed by atoms with Gasteiger partial charge in [-0.25, -0.2) is 0 Å². The van der Waals surface area contributed by atoms with Crippen molar-refractivity contribution in [1.82, 2.24) is 10.2 Å². The predicted molar refractivity (Wildman–Crippen MR) is 77.5 cm³/mol. The summed E-state index contributed by atoms with van der Waals surface area (Å²) in [6, 6.07) is 0.764. The van der Waals surface area contributed by atoms with E-state index in [4.69, 9.17) is 5.73 Å². The molecule has 0 aromatic heterocycles. The molecule has 1 amide bonds. The molecule has 0 bridgehead atoms. The Morgan fingerprint density at radius 3 is 2.06 bits per heavy atom. The third-order valence-corrected chi connectivity index (χ3v) is 3.57. The van der Waals surface area contributed by atoms with E-state index in [2.05, 4.69) is 37.9 Å². The summed E-state index contributed by atoms with van der Waals surface area (Å²) in [6.07, 6.45) is 4.11. The Balaban J connectivity index is 4.34. The summed E-state index contributed by atoms with van der Waals surface area (Å²) < 4.78 is 0. The molecule has 0 aliphatic heterocycles. The van der Waals surface area contributed by atoms with Gasteiger partial charge in [0.2, 0.25) is 5.91 Å². The molecule has 4 nitrogen and oxygen atoms in total. The standard InChI is InChI=1S/C14H31N3O/c1-5-12(6-2)16-14(18)11-17(10-9-15)13(7-3)8-4/h12-13H,5-11,15H2,1-4H3,(H,16,18). The number of amides is 1. The molecule has 0 saturated carbocycles. The Hall–Kier alpha value is -0.610. The van der Waals surface area contributed by atoms with Gasteiger partial charge in [0.1, 0.15) is 0 Å². The maximum atomic E-state index is 12.0. The zero-order valence-electron chi connectivity index (χ0n) is 12.5. The smallest absolute Gasteiger partial charge is 0.234 e. The van der Waals surface area contributed by atoms with Crippen LogP contribution in [0.5, 0.6) is 0 Å². The first kappa shape index (κ1) is 17.4. The molecule has 0 spiro atoms. The summed E-state index contributed by atoms with van der Waals surface area (Å²) in [5, 5.41) is 3.09. The molecule has 4 heteroatoms. The van der Waals surface area contributed by atoms with E-state index in [0.717, 1.165) is 32.2 Å². The highest BCUT2D eigenvalue weighted by molar-refractivity contribution is 5.78. The van der Waals surface area contributed by atoms with Crippen molar-refractivity contribution in [1.29, 1.82) is 0 Å². The van der Waals surface area contributed by atoms with Crippen LogP contribution in [0.2, 0.25) is 0 Å². The van der Waals surface area contributed by atoms with Gasteiger partial charge in [0.05, 0.1) is 6.54 Å². The second-order valence-electron chi connectivity index (χ2n) is 4.81. The number of carbonyl (C=O) groups is 1. The molecule has 108 valence electrons. The Morgan fingerprint density at radius 2 is 1.67 bits per heavy atom. The van der Waals surface area contributed by atoms with Crippen molar-refractivity contribution in [2.75, 3.05) is 19.6 Å². The summed E-state index contributed by atoms with van der Waals surface area (Å²) in [5.74, 6) is 0.129. The van der Waals surface area contributed by atoms with Gasteiger partial charge in [-0.2, -0.15) is 0 Å². The monoisotopic (exact) mass is 257 g/mol. The molecule has 0 aromatic rings. The van der Waals surface area contributed by atoms with Crippen LogP contribution in [0, 0.1) is 0 Å². The van der Waals surface area contributed by atoms with Crippen LogP contribution in [0.4, 0.5) is 0 Å². The fourth-order valence-corrected chi connectivity index (χ4v) is 2.31. The van der Waals surface area contributed by atoms with E-state index in [1.165, 1.54) is 0 Å². The molecule has 0 saturated heterocycles. The summed E-state index contributed by atoms with van der Waals surface area (Å²) in [7, 11) is 0. The number of rotatable bonds is 10. The van der Waals surface area contributed by atoms with Crippen LogP contribution in [0.25, 0.3) is 0 Å². The van der Waals surface area contributed by atoms with Crippen molar-refractivity contribution < 1.29 is 4.79 Å². The Bertz CT molecular complexity index is 213. The third kappa shape index (κ3) is 6.36. The van der Waals surface area contributed by atoms with E-state index >= 15 is 0 Å². The average Bonchev–Trinajstić information content (AvgIpc) is 2.37. The summed E-state index contributed by atoms with van der Waals surface area (Å²) in [6.45, 7) is 10.4. The Morgan fingerprint density at radius 1 is 1.11 bits per heavy atom. The molecule has 0 heterocycles. The van der Waals surface area contributed by atoms with Gasteiger partial charge < -0.3 is 11.1 Å². The van der Waals surface area contributed by atoms with Gasteiger partial charge >= 0.3 is 0 Å². The topological polar surface area (TPSA) is 58.4 Å². The maximum absolute atomic E-state index is 12.0. The van der Waals surface area contributed by atoms with Crippen LogP contribution in [0.3, 0.4) is 0 Å². The van der Waals surface area contributed by atoms with Gasteiger partial charge in [-0.3, -0.25) is 9.69 Å². The van der Waals surface area contributed by atoms with Gasteiger partial charge in [-0.1, -0.05) is 27.7 Å². The molecule has 0 unspecified atom stereocenters. The van der Waals surface area contributed by atoms with Crippen molar-refractivity contribution in [3.63, 3.8) is 0 Å². The first-order valence-electron chi connectivity index (χ1n) is 7.36. The minimum atomic E-state index is 0.129. The molecular formula is C14H31N3O. The summed E-state index contributed by atoms with van der Waals surface area (Å²) in [5.41, 5.74) is 5.63. The normalized spacial score (nSPS) is 11.6. The average molecular weight is 257 g/mol. The SMILES string of the molecule is CCC(CC)NC(=O)CN(CCN)C(CC)CC. The van der Waals surface area contributed by atoms with Crippen LogP contribution in [-0.2, 0) is 4.79 Å². The molecule has 0 aromatic carbocycles. The maximum Gasteiger partial charge on any atom is 0.234 e. The zero-order chi connectivity index (χ0) is 14.0. The van der Waals surface area contributed by atoms with Crippen LogP contribution in [0.1, 0.15) is 53.4 Å². The minimum Gasteiger partial charge on any atom is -0.352 e. The molecule has 3 N–H and O–H groups in total. The number of hydrogen-bond donors (Lipinski definition) is 2. The molecule has 0 aliphatic carbocycles. The molecule has 0 radical (unpaired) electrons. The number of carbonyl (C=O) groups excluding carboxylic acids is 1. The second-order valence-corrected chi connectivity index (χ2v) is 4.81. The highest BCUT2D eigenvalue weighted by atomic mass is 16.2. The van der Waals surface area contributed by atoms with Gasteiger partial charge in [0.15, 0.2) is 0 Å². The number of nitrogens with zero attached hydrogens (tertiary/aromatic N) is 1. The first-order valence-corrected chi connectivity index (χ1v) is 7.36. The fraction of sp³-hybridized carbons (Fsp3) is 0.929. The van der Waals surface area contributed by atoms with Crippen molar-refractivity contribution in [3.8, 4) is 0 Å². The second kappa shape index (κ2) is 10.3. The van der Waals surface area contributed by atoms with E-state index in [0.29, 0.717) is 25.2 Å². The number of hydrogen-bond acceptors (Lipinski definition) is 3. The number of nitrogens with two attached hydrogens (primary N) is 1. The van der Waals surface area contributed by atoms with Crippen LogP contribution >= 0.6 is 0 Å².